The van der Waals surface area contributed by atoms with Crippen LogP contribution in [0.1, 0.15) is 16.7 Å². The van der Waals surface area contributed by atoms with Crippen molar-refractivity contribution in [2.45, 2.75) is 13.8 Å². The Morgan fingerprint density at radius 3 is 2.54 bits per heavy atom. The van der Waals surface area contributed by atoms with Gasteiger partial charge in [-0.25, -0.2) is 0 Å². The molecule has 0 unspecified atom stereocenters. The molecule has 134 valence electrons. The summed E-state index contributed by atoms with van der Waals surface area (Å²) in [7, 11) is 0. The van der Waals surface area contributed by atoms with Crippen LogP contribution < -0.4 is 14.8 Å². The Bertz CT molecular complexity index is 877. The van der Waals surface area contributed by atoms with Crippen molar-refractivity contribution in [2.24, 2.45) is 0 Å². The molecule has 1 saturated heterocycles. The molecule has 26 heavy (non-hydrogen) atoms. The molecule has 1 fully saturated rings. The van der Waals surface area contributed by atoms with Crippen molar-refractivity contribution in [2.75, 3.05) is 13.2 Å². The third-order valence-electron chi connectivity index (χ3n) is 3.79. The SMILES string of the molecule is Cc1ccc(C)c(OCCOc2ccccc2C=C2SC(=S)NC2=O)c1. The molecular weight excluding hydrogens is 366 g/mol. The molecule has 1 aliphatic rings. The Morgan fingerprint density at radius 2 is 1.81 bits per heavy atom. The van der Waals surface area contributed by atoms with Crippen LogP contribution in [-0.4, -0.2) is 23.4 Å². The fourth-order valence-electron chi connectivity index (χ4n) is 2.46. The van der Waals surface area contributed by atoms with E-state index in [9.17, 15) is 4.79 Å². The molecule has 1 amide bonds. The number of rotatable bonds is 6. The second-order valence-corrected chi connectivity index (χ2v) is 7.57. The van der Waals surface area contributed by atoms with Gasteiger partial charge < -0.3 is 14.8 Å². The minimum atomic E-state index is -0.173. The molecule has 0 spiro atoms. The Morgan fingerprint density at radius 1 is 1.08 bits per heavy atom. The van der Waals surface area contributed by atoms with Gasteiger partial charge in [0.25, 0.3) is 5.91 Å². The van der Waals surface area contributed by atoms with Gasteiger partial charge in [-0.2, -0.15) is 0 Å². The molecule has 2 aromatic carbocycles. The van der Waals surface area contributed by atoms with Gasteiger partial charge in [-0.1, -0.05) is 54.3 Å². The van der Waals surface area contributed by atoms with E-state index in [0.29, 0.717) is 28.2 Å². The number of thioether (sulfide) groups is 1. The summed E-state index contributed by atoms with van der Waals surface area (Å²) in [6.45, 7) is 4.90. The van der Waals surface area contributed by atoms with Crippen LogP contribution in [0, 0.1) is 13.8 Å². The summed E-state index contributed by atoms with van der Waals surface area (Å²) in [6, 6.07) is 13.7. The predicted molar refractivity (Wildman–Crippen MR) is 110 cm³/mol. The van der Waals surface area contributed by atoms with E-state index >= 15 is 0 Å². The van der Waals surface area contributed by atoms with Gasteiger partial charge in [0.15, 0.2) is 0 Å². The maximum Gasteiger partial charge on any atom is 0.263 e. The summed E-state index contributed by atoms with van der Waals surface area (Å²) >= 11 is 6.27. The normalized spacial score (nSPS) is 15.2. The number of para-hydroxylation sites is 1. The molecule has 1 aliphatic heterocycles. The average Bonchev–Trinajstić information content (AvgIpc) is 2.93. The average molecular weight is 386 g/mol. The number of carbonyl (C=O) groups is 1. The third-order valence-corrected chi connectivity index (χ3v) is 4.95. The van der Waals surface area contributed by atoms with Gasteiger partial charge in [0.05, 0.1) is 4.91 Å². The maximum atomic E-state index is 11.8. The first kappa shape index (κ1) is 18.5. The Hall–Kier alpha value is -2.31. The number of nitrogens with one attached hydrogen (secondary N) is 1. The van der Waals surface area contributed by atoms with Crippen molar-refractivity contribution in [3.63, 3.8) is 0 Å². The van der Waals surface area contributed by atoms with Gasteiger partial charge in [0.1, 0.15) is 29.0 Å². The number of amides is 1. The summed E-state index contributed by atoms with van der Waals surface area (Å²) in [5.74, 6) is 1.40. The van der Waals surface area contributed by atoms with Crippen LogP contribution in [-0.2, 0) is 4.79 Å². The van der Waals surface area contributed by atoms with Crippen LogP contribution in [0.4, 0.5) is 0 Å². The highest BCUT2D eigenvalue weighted by Crippen LogP contribution is 2.29. The minimum Gasteiger partial charge on any atom is -0.490 e. The molecule has 0 radical (unpaired) electrons. The van der Waals surface area contributed by atoms with Gasteiger partial charge in [-0.15, -0.1) is 0 Å². The predicted octanol–water partition coefficient (Wildman–Crippen LogP) is 4.25. The van der Waals surface area contributed by atoms with Gasteiger partial charge in [-0.3, -0.25) is 4.79 Å². The summed E-state index contributed by atoms with van der Waals surface area (Å²) < 4.78 is 12.1. The van der Waals surface area contributed by atoms with E-state index in [-0.39, 0.29) is 5.91 Å². The van der Waals surface area contributed by atoms with E-state index in [1.165, 1.54) is 11.8 Å². The lowest BCUT2D eigenvalue weighted by molar-refractivity contribution is -0.115. The lowest BCUT2D eigenvalue weighted by atomic mass is 10.1. The number of hydrogen-bond donors (Lipinski definition) is 1. The van der Waals surface area contributed by atoms with E-state index < -0.39 is 0 Å². The minimum absolute atomic E-state index is 0.173. The molecule has 0 bridgehead atoms. The number of benzene rings is 2. The van der Waals surface area contributed by atoms with Crippen LogP contribution in [0.2, 0.25) is 0 Å². The highest BCUT2D eigenvalue weighted by Gasteiger charge is 2.22. The molecular formula is C20H19NO3S2. The zero-order valence-electron chi connectivity index (χ0n) is 14.6. The molecule has 4 nitrogen and oxygen atoms in total. The fourth-order valence-corrected chi connectivity index (χ4v) is 3.49. The maximum absolute atomic E-state index is 11.8. The molecule has 6 heteroatoms. The zero-order chi connectivity index (χ0) is 18.5. The lowest BCUT2D eigenvalue weighted by Gasteiger charge is -2.12. The van der Waals surface area contributed by atoms with Gasteiger partial charge in [-0.05, 0) is 43.2 Å². The van der Waals surface area contributed by atoms with Crippen molar-refractivity contribution >= 4 is 40.3 Å². The number of ether oxygens (including phenoxy) is 2. The molecule has 3 rings (SSSR count). The molecule has 1 heterocycles. The molecule has 2 aromatic rings. The summed E-state index contributed by atoms with van der Waals surface area (Å²) in [4.78, 5) is 12.4. The number of aryl methyl sites for hydroxylation is 2. The summed E-state index contributed by atoms with van der Waals surface area (Å²) in [5, 5.41) is 2.61. The topological polar surface area (TPSA) is 47.6 Å². The molecule has 0 aromatic heterocycles. The summed E-state index contributed by atoms with van der Waals surface area (Å²) in [6.07, 6.45) is 1.79. The van der Waals surface area contributed by atoms with Gasteiger partial charge in [0, 0.05) is 5.56 Å². The van der Waals surface area contributed by atoms with Crippen molar-refractivity contribution < 1.29 is 14.3 Å². The van der Waals surface area contributed by atoms with E-state index in [0.717, 1.165) is 22.4 Å². The number of thiocarbonyl (C=S) groups is 1. The molecule has 1 N–H and O–H groups in total. The first-order valence-corrected chi connectivity index (χ1v) is 9.42. The van der Waals surface area contributed by atoms with Crippen molar-refractivity contribution in [1.29, 1.82) is 0 Å². The third kappa shape index (κ3) is 4.65. The van der Waals surface area contributed by atoms with Crippen molar-refractivity contribution in [3.8, 4) is 11.5 Å². The van der Waals surface area contributed by atoms with Crippen LogP contribution in [0.5, 0.6) is 11.5 Å². The lowest BCUT2D eigenvalue weighted by Crippen LogP contribution is -2.17. The van der Waals surface area contributed by atoms with E-state index in [1.54, 1.807) is 6.08 Å². The van der Waals surface area contributed by atoms with Crippen LogP contribution in [0.25, 0.3) is 6.08 Å². The molecule has 0 aliphatic carbocycles. The Balaban J connectivity index is 1.62. The second kappa shape index (κ2) is 8.38. The second-order valence-electron chi connectivity index (χ2n) is 5.86. The number of hydrogen-bond acceptors (Lipinski definition) is 5. The Kier molecular flexibility index (Phi) is 5.96. The zero-order valence-corrected chi connectivity index (χ0v) is 16.2. The smallest absolute Gasteiger partial charge is 0.263 e. The highest BCUT2D eigenvalue weighted by atomic mass is 32.2. The first-order chi connectivity index (χ1) is 12.5. The Labute approximate surface area is 162 Å². The quantitative estimate of drug-likeness (QED) is 0.458. The molecule has 0 atom stereocenters. The van der Waals surface area contributed by atoms with Crippen LogP contribution in [0.3, 0.4) is 0 Å². The van der Waals surface area contributed by atoms with Gasteiger partial charge >= 0.3 is 0 Å². The largest absolute Gasteiger partial charge is 0.490 e. The van der Waals surface area contributed by atoms with E-state index in [4.69, 9.17) is 21.7 Å². The van der Waals surface area contributed by atoms with Gasteiger partial charge in [0.2, 0.25) is 0 Å². The summed E-state index contributed by atoms with van der Waals surface area (Å²) in [5.41, 5.74) is 3.09. The van der Waals surface area contributed by atoms with Crippen LogP contribution >= 0.6 is 24.0 Å². The van der Waals surface area contributed by atoms with Crippen molar-refractivity contribution in [1.82, 2.24) is 5.32 Å². The van der Waals surface area contributed by atoms with E-state index in [2.05, 4.69) is 11.4 Å². The van der Waals surface area contributed by atoms with E-state index in [1.807, 2.05) is 50.2 Å². The van der Waals surface area contributed by atoms with Crippen LogP contribution in [0.15, 0.2) is 47.4 Å². The first-order valence-electron chi connectivity index (χ1n) is 8.19. The van der Waals surface area contributed by atoms with Crippen molar-refractivity contribution in [3.05, 3.63) is 64.1 Å². The fraction of sp³-hybridized carbons (Fsp3) is 0.200. The standard InChI is InChI=1S/C20H19NO3S2/c1-13-7-8-14(2)17(11-13)24-10-9-23-16-6-4-3-5-15(16)12-18-19(22)21-20(25)26-18/h3-8,11-12H,9-10H2,1-2H3,(H,21,22,25). The molecule has 0 saturated carbocycles. The monoisotopic (exact) mass is 385 g/mol. The number of carbonyl (C=O) groups excluding carboxylic acids is 1. The highest BCUT2D eigenvalue weighted by molar-refractivity contribution is 8.26.